The van der Waals surface area contributed by atoms with E-state index in [0.717, 1.165) is 88.3 Å². The van der Waals surface area contributed by atoms with Gasteiger partial charge < -0.3 is 14.2 Å². The normalized spacial score (nSPS) is 14.9. The fourth-order valence-electron chi connectivity index (χ4n) is 7.05. The lowest BCUT2D eigenvalue weighted by molar-refractivity contribution is 0.662. The zero-order valence-electron chi connectivity index (χ0n) is 25.6. The molecule has 226 valence electrons. The number of furan rings is 2. The number of aromatic nitrogens is 1. The van der Waals surface area contributed by atoms with Crippen LogP contribution in [-0.2, 0) is 0 Å². The number of amidine groups is 2. The van der Waals surface area contributed by atoms with Gasteiger partial charge in [-0.3, -0.25) is 4.98 Å². The van der Waals surface area contributed by atoms with Crippen LogP contribution in [0.5, 0.6) is 0 Å². The van der Waals surface area contributed by atoms with Gasteiger partial charge in [-0.1, -0.05) is 97.1 Å². The van der Waals surface area contributed by atoms with Gasteiger partial charge in [0.05, 0.1) is 0 Å². The van der Waals surface area contributed by atoms with Crippen LogP contribution in [0.4, 0.5) is 0 Å². The maximum absolute atomic E-state index is 6.42. The van der Waals surface area contributed by atoms with Gasteiger partial charge in [-0.2, -0.15) is 0 Å². The number of nitrogens with one attached hydrogen (secondary N) is 1. The number of aliphatic imine (C=N–C) groups is 2. The summed E-state index contributed by atoms with van der Waals surface area (Å²) in [6.07, 6.45) is 3.30. The summed E-state index contributed by atoms with van der Waals surface area (Å²) >= 11 is 0. The van der Waals surface area contributed by atoms with Crippen LogP contribution in [0.1, 0.15) is 22.9 Å². The third kappa shape index (κ3) is 4.16. The molecule has 48 heavy (non-hydrogen) atoms. The Morgan fingerprint density at radius 2 is 1.27 bits per heavy atom. The minimum atomic E-state index is -0.406. The third-order valence-corrected chi connectivity index (χ3v) is 9.23. The van der Waals surface area contributed by atoms with Gasteiger partial charge in [-0.25, -0.2) is 9.98 Å². The molecule has 1 aliphatic rings. The fourth-order valence-corrected chi connectivity index (χ4v) is 7.05. The van der Waals surface area contributed by atoms with E-state index in [2.05, 4.69) is 83.1 Å². The van der Waals surface area contributed by atoms with Crippen molar-refractivity contribution >= 4 is 66.3 Å². The second-order valence-electron chi connectivity index (χ2n) is 12.0. The standard InChI is InChI=1S/C42H26N4O2/c1-2-10-25(11-3-1)40-44-41(46-42(45-40)32-16-9-19-36-39(32)31-14-6-7-17-34(31)47-36)30-13-5-4-12-28(30)29-15-8-18-35-38(29)33-22-26-20-21-43-24-27(26)23-37(33)48-35/h1-24,42H,(H,44,45,46). The van der Waals surface area contributed by atoms with Gasteiger partial charge in [0.15, 0.2) is 5.84 Å². The maximum atomic E-state index is 6.42. The summed E-state index contributed by atoms with van der Waals surface area (Å²) in [4.78, 5) is 14.7. The third-order valence-electron chi connectivity index (χ3n) is 9.23. The predicted octanol–water partition coefficient (Wildman–Crippen LogP) is 10.2. The van der Waals surface area contributed by atoms with Crippen molar-refractivity contribution in [1.82, 2.24) is 10.3 Å². The average molecular weight is 619 g/mol. The quantitative estimate of drug-likeness (QED) is 0.213. The Morgan fingerprint density at radius 1 is 0.542 bits per heavy atom. The molecule has 6 nitrogen and oxygen atoms in total. The highest BCUT2D eigenvalue weighted by Crippen LogP contribution is 2.40. The fraction of sp³-hybridized carbons (Fsp3) is 0.0238. The van der Waals surface area contributed by atoms with Gasteiger partial charge in [0, 0.05) is 56.0 Å². The van der Waals surface area contributed by atoms with Crippen molar-refractivity contribution in [3.05, 3.63) is 163 Å². The van der Waals surface area contributed by atoms with Crippen molar-refractivity contribution in [2.75, 3.05) is 0 Å². The number of benzene rings is 6. The van der Waals surface area contributed by atoms with Crippen molar-refractivity contribution in [1.29, 1.82) is 0 Å². The molecule has 0 amide bonds. The molecule has 4 heterocycles. The van der Waals surface area contributed by atoms with Crippen molar-refractivity contribution in [2.45, 2.75) is 6.17 Å². The van der Waals surface area contributed by atoms with Gasteiger partial charge in [0.25, 0.3) is 0 Å². The van der Waals surface area contributed by atoms with Crippen LogP contribution < -0.4 is 5.32 Å². The zero-order valence-corrected chi connectivity index (χ0v) is 25.6. The second kappa shape index (κ2) is 10.5. The summed E-state index contributed by atoms with van der Waals surface area (Å²) < 4.78 is 12.7. The lowest BCUT2D eigenvalue weighted by Crippen LogP contribution is -2.34. The number of nitrogens with zero attached hydrogens (tertiary/aromatic N) is 3. The molecular formula is C42H26N4O2. The zero-order chi connectivity index (χ0) is 31.6. The van der Waals surface area contributed by atoms with Crippen molar-refractivity contribution < 1.29 is 8.83 Å². The summed E-state index contributed by atoms with van der Waals surface area (Å²) in [6, 6.07) is 45.5. The monoisotopic (exact) mass is 618 g/mol. The van der Waals surface area contributed by atoms with E-state index in [1.807, 2.05) is 73.1 Å². The second-order valence-corrected chi connectivity index (χ2v) is 12.0. The Bertz CT molecular complexity index is 2770. The van der Waals surface area contributed by atoms with E-state index in [9.17, 15) is 0 Å². The SMILES string of the molecule is c1ccc(C2=NC(c3cccc4oc5ccccc5c34)NC(c3ccccc3-c3cccc4oc5cc6cnccc6cc5c34)=N2)cc1. The minimum Gasteiger partial charge on any atom is -0.456 e. The first kappa shape index (κ1) is 26.7. The molecule has 0 saturated heterocycles. The molecule has 0 fully saturated rings. The molecule has 1 unspecified atom stereocenters. The Morgan fingerprint density at radius 3 is 2.19 bits per heavy atom. The van der Waals surface area contributed by atoms with E-state index < -0.39 is 6.17 Å². The number of rotatable bonds is 4. The molecule has 1 atom stereocenters. The molecular weight excluding hydrogens is 592 g/mol. The Kier molecular flexibility index (Phi) is 5.84. The van der Waals surface area contributed by atoms with Crippen molar-refractivity contribution in [2.24, 2.45) is 9.98 Å². The molecule has 10 rings (SSSR count). The Hall–Kier alpha value is -6.53. The molecule has 0 radical (unpaired) electrons. The topological polar surface area (TPSA) is 75.9 Å². The van der Waals surface area contributed by atoms with Gasteiger partial charge >= 0.3 is 0 Å². The minimum absolute atomic E-state index is 0.406. The van der Waals surface area contributed by atoms with Crippen molar-refractivity contribution in [3.8, 4) is 11.1 Å². The van der Waals surface area contributed by atoms with Crippen LogP contribution in [0.3, 0.4) is 0 Å². The first-order chi connectivity index (χ1) is 23.8. The molecule has 1 aliphatic heterocycles. The first-order valence-electron chi connectivity index (χ1n) is 16.0. The van der Waals surface area contributed by atoms with Gasteiger partial charge in [0.2, 0.25) is 0 Å². The first-order valence-corrected chi connectivity index (χ1v) is 16.0. The average Bonchev–Trinajstić information content (AvgIpc) is 3.72. The highest BCUT2D eigenvalue weighted by molar-refractivity contribution is 6.20. The molecule has 0 spiro atoms. The van der Waals surface area contributed by atoms with Crippen molar-refractivity contribution in [3.63, 3.8) is 0 Å². The number of fused-ring (bicyclic) bond motifs is 7. The van der Waals surface area contributed by atoms with E-state index in [1.54, 1.807) is 0 Å². The molecule has 6 aromatic carbocycles. The van der Waals surface area contributed by atoms with Crippen LogP contribution in [0.15, 0.2) is 165 Å². The van der Waals surface area contributed by atoms with Crippen LogP contribution in [0, 0.1) is 0 Å². The molecule has 1 N–H and O–H groups in total. The number of pyridine rings is 1. The van der Waals surface area contributed by atoms with Crippen LogP contribution in [0.25, 0.3) is 65.8 Å². The van der Waals surface area contributed by atoms with E-state index in [4.69, 9.17) is 18.8 Å². The maximum Gasteiger partial charge on any atom is 0.159 e. The lowest BCUT2D eigenvalue weighted by atomic mass is 9.94. The van der Waals surface area contributed by atoms with Gasteiger partial charge in [-0.15, -0.1) is 0 Å². The van der Waals surface area contributed by atoms with Gasteiger partial charge in [-0.05, 0) is 52.9 Å². The molecule has 3 aromatic heterocycles. The summed E-state index contributed by atoms with van der Waals surface area (Å²) in [6.45, 7) is 0. The van der Waals surface area contributed by atoms with E-state index in [1.165, 1.54) is 0 Å². The summed E-state index contributed by atoms with van der Waals surface area (Å²) in [7, 11) is 0. The molecule has 0 saturated carbocycles. The summed E-state index contributed by atoms with van der Waals surface area (Å²) in [5.41, 5.74) is 8.43. The Balaban J connectivity index is 1.18. The van der Waals surface area contributed by atoms with Gasteiger partial charge in [0.1, 0.15) is 34.3 Å². The largest absolute Gasteiger partial charge is 0.456 e. The molecule has 6 heteroatoms. The van der Waals surface area contributed by atoms with E-state index >= 15 is 0 Å². The summed E-state index contributed by atoms with van der Waals surface area (Å²) in [5.74, 6) is 1.41. The molecule has 9 aromatic rings. The number of hydrogen-bond donors (Lipinski definition) is 1. The highest BCUT2D eigenvalue weighted by atomic mass is 16.3. The van der Waals surface area contributed by atoms with Crippen LogP contribution in [-0.4, -0.2) is 16.7 Å². The van der Waals surface area contributed by atoms with Crippen LogP contribution >= 0.6 is 0 Å². The lowest BCUT2D eigenvalue weighted by Gasteiger charge is -2.25. The van der Waals surface area contributed by atoms with Crippen LogP contribution in [0.2, 0.25) is 0 Å². The number of hydrogen-bond acceptors (Lipinski definition) is 6. The Labute approximate surface area is 274 Å². The van der Waals surface area contributed by atoms with E-state index in [-0.39, 0.29) is 0 Å². The van der Waals surface area contributed by atoms with E-state index in [0.29, 0.717) is 5.84 Å². The molecule has 0 aliphatic carbocycles. The molecule has 0 bridgehead atoms. The number of para-hydroxylation sites is 1. The highest BCUT2D eigenvalue weighted by Gasteiger charge is 2.26. The predicted molar refractivity (Wildman–Crippen MR) is 194 cm³/mol. The smallest absolute Gasteiger partial charge is 0.159 e. The summed E-state index contributed by atoms with van der Waals surface area (Å²) in [5, 5.41) is 10.1.